The van der Waals surface area contributed by atoms with Gasteiger partial charge < -0.3 is 9.64 Å². The molecule has 0 aliphatic rings. The molecule has 0 amide bonds. The van der Waals surface area contributed by atoms with Gasteiger partial charge >= 0.3 is 0 Å². The van der Waals surface area contributed by atoms with E-state index < -0.39 is 0 Å². The monoisotopic (exact) mass is 272 g/mol. The Balaban J connectivity index is 0.00000144. The van der Waals surface area contributed by atoms with Crippen LogP contribution in [0.5, 0.6) is 5.75 Å². The second kappa shape index (κ2) is 5.56. The van der Waals surface area contributed by atoms with E-state index in [9.17, 15) is 0 Å². The molecule has 2 aromatic rings. The normalized spacial score (nSPS) is 10.4. The second-order valence-electron chi connectivity index (χ2n) is 4.19. The van der Waals surface area contributed by atoms with Gasteiger partial charge in [0, 0.05) is 14.1 Å². The van der Waals surface area contributed by atoms with Crippen molar-refractivity contribution in [2.45, 2.75) is 20.0 Å². The fourth-order valence-corrected chi connectivity index (χ4v) is 2.35. The lowest BCUT2D eigenvalue weighted by atomic mass is 10.3. The molecule has 0 fully saturated rings. The third kappa shape index (κ3) is 3.23. The van der Waals surface area contributed by atoms with Crippen molar-refractivity contribution in [1.29, 1.82) is 0 Å². The maximum Gasteiger partial charge on any atom is 0.185 e. The number of hydrogen-bond acceptors (Lipinski definition) is 4. The highest BCUT2D eigenvalue weighted by Crippen LogP contribution is 2.30. The van der Waals surface area contributed by atoms with Crippen LogP contribution in [0.4, 0.5) is 5.13 Å². The standard InChI is InChI=1S/C12H16N2OS.ClH/c1-8(2)15-9-5-6-10-11(7-9)16-12(13-10)14(3)4;/h5-8H,1-4H3;1H. The van der Waals surface area contributed by atoms with E-state index >= 15 is 0 Å². The van der Waals surface area contributed by atoms with E-state index in [0.717, 1.165) is 16.4 Å². The molecule has 0 aliphatic heterocycles. The Morgan fingerprint density at radius 3 is 2.59 bits per heavy atom. The van der Waals surface area contributed by atoms with Crippen molar-refractivity contribution >= 4 is 39.1 Å². The summed E-state index contributed by atoms with van der Waals surface area (Å²) in [5.41, 5.74) is 1.03. The van der Waals surface area contributed by atoms with E-state index in [1.165, 1.54) is 4.70 Å². The van der Waals surface area contributed by atoms with Gasteiger partial charge in [0.15, 0.2) is 5.13 Å². The first-order valence-electron chi connectivity index (χ1n) is 5.31. The highest BCUT2D eigenvalue weighted by molar-refractivity contribution is 7.22. The first-order valence-corrected chi connectivity index (χ1v) is 6.12. The second-order valence-corrected chi connectivity index (χ2v) is 5.20. The molecule has 3 nitrogen and oxygen atoms in total. The van der Waals surface area contributed by atoms with E-state index in [1.54, 1.807) is 11.3 Å². The highest BCUT2D eigenvalue weighted by Gasteiger charge is 2.07. The van der Waals surface area contributed by atoms with Gasteiger partial charge in [0.25, 0.3) is 0 Å². The van der Waals surface area contributed by atoms with Crippen molar-refractivity contribution in [3.05, 3.63) is 18.2 Å². The summed E-state index contributed by atoms with van der Waals surface area (Å²) in [4.78, 5) is 6.54. The summed E-state index contributed by atoms with van der Waals surface area (Å²) < 4.78 is 6.83. The molecule has 94 valence electrons. The predicted molar refractivity (Wildman–Crippen MR) is 77.0 cm³/mol. The zero-order valence-corrected chi connectivity index (χ0v) is 12.1. The van der Waals surface area contributed by atoms with Crippen LogP contribution in [0, 0.1) is 0 Å². The summed E-state index contributed by atoms with van der Waals surface area (Å²) in [6, 6.07) is 6.04. The molecule has 0 saturated heterocycles. The van der Waals surface area contributed by atoms with Crippen LogP contribution in [0.25, 0.3) is 10.2 Å². The Labute approximate surface area is 112 Å². The summed E-state index contributed by atoms with van der Waals surface area (Å²) in [6.45, 7) is 4.06. The Hall–Kier alpha value is -1.00. The Morgan fingerprint density at radius 2 is 2.00 bits per heavy atom. The topological polar surface area (TPSA) is 25.4 Å². The lowest BCUT2D eigenvalue weighted by Crippen LogP contribution is -2.07. The number of thiazole rings is 1. The number of rotatable bonds is 3. The number of hydrogen-bond donors (Lipinski definition) is 0. The molecule has 2 rings (SSSR count). The van der Waals surface area contributed by atoms with E-state index in [0.29, 0.717) is 0 Å². The minimum Gasteiger partial charge on any atom is -0.491 e. The summed E-state index contributed by atoms with van der Waals surface area (Å²) in [6.07, 6.45) is 0.207. The van der Waals surface area contributed by atoms with Crippen LogP contribution in [0.1, 0.15) is 13.8 Å². The molecule has 1 aromatic carbocycles. The number of nitrogens with zero attached hydrogens (tertiary/aromatic N) is 2. The van der Waals surface area contributed by atoms with Gasteiger partial charge in [0.1, 0.15) is 5.75 Å². The van der Waals surface area contributed by atoms with Crippen LogP contribution in [-0.2, 0) is 0 Å². The van der Waals surface area contributed by atoms with Crippen molar-refractivity contribution in [3.63, 3.8) is 0 Å². The Kier molecular flexibility index (Phi) is 4.60. The number of aromatic nitrogens is 1. The summed E-state index contributed by atoms with van der Waals surface area (Å²) in [7, 11) is 4.01. The van der Waals surface area contributed by atoms with Crippen LogP contribution in [0.3, 0.4) is 0 Å². The minimum absolute atomic E-state index is 0. The third-order valence-electron chi connectivity index (χ3n) is 2.10. The van der Waals surface area contributed by atoms with E-state index in [1.807, 2.05) is 45.0 Å². The molecule has 0 spiro atoms. The van der Waals surface area contributed by atoms with Gasteiger partial charge in [-0.15, -0.1) is 12.4 Å². The number of halogens is 1. The van der Waals surface area contributed by atoms with Crippen LogP contribution in [0.2, 0.25) is 0 Å². The van der Waals surface area contributed by atoms with Crippen LogP contribution in [-0.4, -0.2) is 25.2 Å². The Bertz CT molecular complexity index is 496. The van der Waals surface area contributed by atoms with Gasteiger partial charge in [-0.25, -0.2) is 4.98 Å². The van der Waals surface area contributed by atoms with Gasteiger partial charge in [-0.2, -0.15) is 0 Å². The van der Waals surface area contributed by atoms with Crippen molar-refractivity contribution in [1.82, 2.24) is 4.98 Å². The van der Waals surface area contributed by atoms with E-state index in [2.05, 4.69) is 11.1 Å². The fourth-order valence-electron chi connectivity index (χ4n) is 1.43. The molecule has 0 atom stereocenters. The molecule has 0 saturated carbocycles. The van der Waals surface area contributed by atoms with Crippen molar-refractivity contribution < 1.29 is 4.74 Å². The minimum atomic E-state index is 0. The highest BCUT2D eigenvalue weighted by atomic mass is 35.5. The largest absolute Gasteiger partial charge is 0.491 e. The quantitative estimate of drug-likeness (QED) is 0.854. The maximum absolute atomic E-state index is 5.66. The molecule has 17 heavy (non-hydrogen) atoms. The molecular weight excluding hydrogens is 256 g/mol. The average Bonchev–Trinajstić information content (AvgIpc) is 2.59. The number of benzene rings is 1. The molecule has 5 heteroatoms. The van der Waals surface area contributed by atoms with Gasteiger partial charge in [-0.3, -0.25) is 0 Å². The molecule has 0 aliphatic carbocycles. The maximum atomic E-state index is 5.66. The van der Waals surface area contributed by atoms with Crippen molar-refractivity contribution in [2.75, 3.05) is 19.0 Å². The lowest BCUT2D eigenvalue weighted by Gasteiger charge is -2.08. The smallest absolute Gasteiger partial charge is 0.185 e. The third-order valence-corrected chi connectivity index (χ3v) is 3.29. The number of fused-ring (bicyclic) bond motifs is 1. The van der Waals surface area contributed by atoms with Gasteiger partial charge in [-0.1, -0.05) is 11.3 Å². The summed E-state index contributed by atoms with van der Waals surface area (Å²) >= 11 is 1.68. The van der Waals surface area contributed by atoms with Crippen LogP contribution < -0.4 is 9.64 Å². The molecule has 1 heterocycles. The van der Waals surface area contributed by atoms with Gasteiger partial charge in [0.2, 0.25) is 0 Å². The molecule has 0 unspecified atom stereocenters. The summed E-state index contributed by atoms with van der Waals surface area (Å²) in [5, 5.41) is 1.02. The van der Waals surface area contributed by atoms with Crippen molar-refractivity contribution in [2.24, 2.45) is 0 Å². The SMILES string of the molecule is CC(C)Oc1ccc2nc(N(C)C)sc2c1.Cl. The lowest BCUT2D eigenvalue weighted by molar-refractivity contribution is 0.243. The zero-order valence-electron chi connectivity index (χ0n) is 10.4. The number of anilines is 1. The first kappa shape index (κ1) is 14.1. The van der Waals surface area contributed by atoms with Crippen LogP contribution >= 0.6 is 23.7 Å². The molecule has 0 N–H and O–H groups in total. The van der Waals surface area contributed by atoms with Crippen molar-refractivity contribution in [3.8, 4) is 5.75 Å². The van der Waals surface area contributed by atoms with E-state index in [4.69, 9.17) is 4.74 Å². The Morgan fingerprint density at radius 1 is 1.29 bits per heavy atom. The number of ether oxygens (including phenoxy) is 1. The van der Waals surface area contributed by atoms with Gasteiger partial charge in [-0.05, 0) is 32.0 Å². The fraction of sp³-hybridized carbons (Fsp3) is 0.417. The molecule has 0 bridgehead atoms. The van der Waals surface area contributed by atoms with Crippen LogP contribution in [0.15, 0.2) is 18.2 Å². The van der Waals surface area contributed by atoms with E-state index in [-0.39, 0.29) is 18.5 Å². The predicted octanol–water partition coefficient (Wildman–Crippen LogP) is 3.57. The van der Waals surface area contributed by atoms with Gasteiger partial charge in [0.05, 0.1) is 16.3 Å². The zero-order chi connectivity index (χ0) is 11.7. The summed E-state index contributed by atoms with van der Waals surface area (Å²) in [5.74, 6) is 0.913. The average molecular weight is 273 g/mol. The molecular formula is C12H17ClN2OS. The first-order chi connectivity index (χ1) is 7.56. The molecule has 0 radical (unpaired) electrons. The molecule has 1 aromatic heterocycles.